The summed E-state index contributed by atoms with van der Waals surface area (Å²) in [5.41, 5.74) is 4.68. The summed E-state index contributed by atoms with van der Waals surface area (Å²) in [5.74, 6) is -0.259. The standard InChI is InChI=1S/C23H27N3O4/c1-14-9-15(2)22(16(3)10-14)25-20(27)13-30-19-7-5-18(6-8-19)26-12-17(11-21(26)28)23(29)24-4/h5-10,17H,11-13H2,1-4H3,(H,24,29)(H,25,27). The Bertz CT molecular complexity index is 946. The molecule has 158 valence electrons. The van der Waals surface area contributed by atoms with Crippen molar-refractivity contribution in [1.82, 2.24) is 5.32 Å². The maximum Gasteiger partial charge on any atom is 0.262 e. The zero-order chi connectivity index (χ0) is 21.8. The number of hydrogen-bond donors (Lipinski definition) is 2. The third-order valence-corrected chi connectivity index (χ3v) is 5.20. The highest BCUT2D eigenvalue weighted by atomic mass is 16.5. The van der Waals surface area contributed by atoms with E-state index in [1.165, 1.54) is 0 Å². The van der Waals surface area contributed by atoms with E-state index in [0.29, 0.717) is 18.0 Å². The molecule has 0 radical (unpaired) electrons. The summed E-state index contributed by atoms with van der Waals surface area (Å²) >= 11 is 0. The van der Waals surface area contributed by atoms with Crippen LogP contribution in [-0.4, -0.2) is 37.9 Å². The van der Waals surface area contributed by atoms with Crippen molar-refractivity contribution in [2.24, 2.45) is 5.92 Å². The van der Waals surface area contributed by atoms with Gasteiger partial charge in [0.05, 0.1) is 5.92 Å². The Kier molecular flexibility index (Phi) is 6.40. The molecule has 7 nitrogen and oxygen atoms in total. The maximum atomic E-state index is 12.3. The molecule has 0 aromatic heterocycles. The lowest BCUT2D eigenvalue weighted by atomic mass is 10.1. The van der Waals surface area contributed by atoms with Crippen molar-refractivity contribution in [3.05, 3.63) is 53.1 Å². The monoisotopic (exact) mass is 409 g/mol. The summed E-state index contributed by atoms with van der Waals surface area (Å²) in [7, 11) is 1.57. The molecule has 0 saturated carbocycles. The van der Waals surface area contributed by atoms with Crippen molar-refractivity contribution in [3.63, 3.8) is 0 Å². The van der Waals surface area contributed by atoms with E-state index in [2.05, 4.69) is 10.6 Å². The van der Waals surface area contributed by atoms with Crippen LogP contribution < -0.4 is 20.3 Å². The Morgan fingerprint density at radius 2 is 1.73 bits per heavy atom. The van der Waals surface area contributed by atoms with Crippen LogP contribution in [0.5, 0.6) is 5.75 Å². The Labute approximate surface area is 176 Å². The van der Waals surface area contributed by atoms with Crippen LogP contribution in [0.1, 0.15) is 23.1 Å². The van der Waals surface area contributed by atoms with E-state index in [0.717, 1.165) is 22.4 Å². The molecular weight excluding hydrogens is 382 g/mol. The van der Waals surface area contributed by atoms with Crippen LogP contribution in [0.15, 0.2) is 36.4 Å². The van der Waals surface area contributed by atoms with Gasteiger partial charge in [-0.2, -0.15) is 0 Å². The van der Waals surface area contributed by atoms with Gasteiger partial charge in [0.2, 0.25) is 11.8 Å². The molecular formula is C23H27N3O4. The molecule has 3 amide bonds. The summed E-state index contributed by atoms with van der Waals surface area (Å²) in [6.07, 6.45) is 0.204. The van der Waals surface area contributed by atoms with Gasteiger partial charge in [-0.15, -0.1) is 0 Å². The smallest absolute Gasteiger partial charge is 0.262 e. The molecule has 0 spiro atoms. The van der Waals surface area contributed by atoms with Crippen LogP contribution in [0.25, 0.3) is 0 Å². The number of anilines is 2. The minimum atomic E-state index is -0.337. The summed E-state index contributed by atoms with van der Waals surface area (Å²) < 4.78 is 5.59. The van der Waals surface area contributed by atoms with Crippen molar-refractivity contribution in [2.75, 3.05) is 30.4 Å². The van der Waals surface area contributed by atoms with E-state index < -0.39 is 0 Å². The molecule has 2 N–H and O–H groups in total. The number of rotatable bonds is 6. The van der Waals surface area contributed by atoms with Gasteiger partial charge in [-0.25, -0.2) is 0 Å². The number of carbonyl (C=O) groups is 3. The Morgan fingerprint density at radius 1 is 1.10 bits per heavy atom. The van der Waals surface area contributed by atoms with E-state index in [9.17, 15) is 14.4 Å². The predicted molar refractivity (Wildman–Crippen MR) is 116 cm³/mol. The molecule has 1 saturated heterocycles. The van der Waals surface area contributed by atoms with Crippen LogP contribution in [0.4, 0.5) is 11.4 Å². The van der Waals surface area contributed by atoms with Crippen molar-refractivity contribution >= 4 is 29.1 Å². The van der Waals surface area contributed by atoms with Gasteiger partial charge in [0.15, 0.2) is 6.61 Å². The zero-order valence-corrected chi connectivity index (χ0v) is 17.7. The van der Waals surface area contributed by atoms with Crippen molar-refractivity contribution in [3.8, 4) is 5.75 Å². The summed E-state index contributed by atoms with van der Waals surface area (Å²) in [4.78, 5) is 37.9. The maximum absolute atomic E-state index is 12.3. The lowest BCUT2D eigenvalue weighted by Crippen LogP contribution is -2.30. The normalized spacial score (nSPS) is 15.8. The first kappa shape index (κ1) is 21.4. The van der Waals surface area contributed by atoms with Gasteiger partial charge >= 0.3 is 0 Å². The number of benzene rings is 2. The number of hydrogen-bond acceptors (Lipinski definition) is 4. The summed E-state index contributed by atoms with van der Waals surface area (Å²) in [6, 6.07) is 11.0. The number of nitrogens with zero attached hydrogens (tertiary/aromatic N) is 1. The second kappa shape index (κ2) is 8.98. The second-order valence-corrected chi connectivity index (χ2v) is 7.62. The molecule has 2 aromatic carbocycles. The van der Waals surface area contributed by atoms with E-state index in [1.54, 1.807) is 36.2 Å². The Balaban J connectivity index is 1.57. The van der Waals surface area contributed by atoms with Gasteiger partial charge in [0.25, 0.3) is 5.91 Å². The predicted octanol–water partition coefficient (Wildman–Crippen LogP) is 2.73. The topological polar surface area (TPSA) is 87.7 Å². The Morgan fingerprint density at radius 3 is 2.33 bits per heavy atom. The molecule has 1 aliphatic rings. The molecule has 1 atom stereocenters. The number of amides is 3. The lowest BCUT2D eigenvalue weighted by molar-refractivity contribution is -0.125. The quantitative estimate of drug-likeness (QED) is 0.768. The first-order valence-corrected chi connectivity index (χ1v) is 9.91. The number of carbonyl (C=O) groups excluding carboxylic acids is 3. The minimum absolute atomic E-state index is 0.0829. The van der Waals surface area contributed by atoms with E-state index in [4.69, 9.17) is 4.74 Å². The SMILES string of the molecule is CNC(=O)C1CC(=O)N(c2ccc(OCC(=O)Nc3c(C)cc(C)cc3C)cc2)C1. The van der Waals surface area contributed by atoms with Crippen LogP contribution in [0.2, 0.25) is 0 Å². The van der Waals surface area contributed by atoms with Crippen LogP contribution in [0, 0.1) is 26.7 Å². The molecule has 1 heterocycles. The van der Waals surface area contributed by atoms with Crippen LogP contribution >= 0.6 is 0 Å². The molecule has 1 aliphatic heterocycles. The molecule has 7 heteroatoms. The largest absolute Gasteiger partial charge is 0.484 e. The molecule has 3 rings (SSSR count). The van der Waals surface area contributed by atoms with Gasteiger partial charge in [-0.1, -0.05) is 17.7 Å². The van der Waals surface area contributed by atoms with Crippen LogP contribution in [-0.2, 0) is 14.4 Å². The molecule has 30 heavy (non-hydrogen) atoms. The van der Waals surface area contributed by atoms with E-state index in [-0.39, 0.29) is 36.7 Å². The molecule has 2 aromatic rings. The van der Waals surface area contributed by atoms with Crippen molar-refractivity contribution in [1.29, 1.82) is 0 Å². The van der Waals surface area contributed by atoms with Gasteiger partial charge in [0.1, 0.15) is 5.75 Å². The van der Waals surface area contributed by atoms with E-state index in [1.807, 2.05) is 32.9 Å². The van der Waals surface area contributed by atoms with Gasteiger partial charge in [0, 0.05) is 31.4 Å². The third-order valence-electron chi connectivity index (χ3n) is 5.20. The van der Waals surface area contributed by atoms with Crippen molar-refractivity contribution < 1.29 is 19.1 Å². The fraction of sp³-hybridized carbons (Fsp3) is 0.348. The zero-order valence-electron chi connectivity index (χ0n) is 17.7. The third kappa shape index (κ3) is 4.79. The lowest BCUT2D eigenvalue weighted by Gasteiger charge is -2.17. The summed E-state index contributed by atoms with van der Waals surface area (Å²) in [6.45, 7) is 6.18. The van der Waals surface area contributed by atoms with Crippen LogP contribution in [0.3, 0.4) is 0 Å². The van der Waals surface area contributed by atoms with Gasteiger partial charge in [-0.3, -0.25) is 14.4 Å². The highest BCUT2D eigenvalue weighted by Gasteiger charge is 2.34. The second-order valence-electron chi connectivity index (χ2n) is 7.62. The highest BCUT2D eigenvalue weighted by molar-refractivity contribution is 6.00. The van der Waals surface area contributed by atoms with Gasteiger partial charge < -0.3 is 20.3 Å². The van der Waals surface area contributed by atoms with Crippen molar-refractivity contribution in [2.45, 2.75) is 27.2 Å². The molecule has 0 bridgehead atoms. The molecule has 0 aliphatic carbocycles. The average Bonchev–Trinajstić information content (AvgIpc) is 3.10. The average molecular weight is 409 g/mol. The first-order chi connectivity index (χ1) is 14.3. The fourth-order valence-corrected chi connectivity index (χ4v) is 3.76. The van der Waals surface area contributed by atoms with Gasteiger partial charge in [-0.05, 0) is 56.2 Å². The fourth-order valence-electron chi connectivity index (χ4n) is 3.76. The number of aryl methyl sites for hydroxylation is 3. The molecule has 1 fully saturated rings. The Hall–Kier alpha value is -3.35. The minimum Gasteiger partial charge on any atom is -0.484 e. The van der Waals surface area contributed by atoms with E-state index >= 15 is 0 Å². The number of nitrogens with one attached hydrogen (secondary N) is 2. The highest BCUT2D eigenvalue weighted by Crippen LogP contribution is 2.27. The first-order valence-electron chi connectivity index (χ1n) is 9.91. The number of ether oxygens (including phenoxy) is 1. The molecule has 1 unspecified atom stereocenters. The summed E-state index contributed by atoms with van der Waals surface area (Å²) in [5, 5.41) is 5.49.